The Morgan fingerprint density at radius 1 is 1.36 bits per heavy atom. The normalized spacial score (nSPS) is 12.6. The number of ether oxygens (including phenoxy) is 1. The van der Waals surface area contributed by atoms with Gasteiger partial charge in [0.2, 0.25) is 0 Å². The zero-order valence-corrected chi connectivity index (χ0v) is 9.21. The zero-order valence-electron chi connectivity index (χ0n) is 9.21. The standard InChI is InChI=1S/C12H19NO/c1-9-4-5-10(2)12(8-9)14-11(3)6-7-13/h4-5,8,11H,6-7,13H2,1-3H3. The van der Waals surface area contributed by atoms with Gasteiger partial charge in [0.15, 0.2) is 0 Å². The molecule has 0 radical (unpaired) electrons. The second kappa shape index (κ2) is 5.01. The molecule has 0 fully saturated rings. The number of hydrogen-bond donors (Lipinski definition) is 1. The maximum atomic E-state index is 5.79. The van der Waals surface area contributed by atoms with E-state index in [0.29, 0.717) is 6.54 Å². The molecule has 1 unspecified atom stereocenters. The molecule has 0 aliphatic heterocycles. The minimum absolute atomic E-state index is 0.195. The summed E-state index contributed by atoms with van der Waals surface area (Å²) in [5.41, 5.74) is 7.88. The van der Waals surface area contributed by atoms with Gasteiger partial charge >= 0.3 is 0 Å². The fourth-order valence-corrected chi connectivity index (χ4v) is 1.34. The molecular formula is C12H19NO. The Kier molecular flexibility index (Phi) is 3.96. The quantitative estimate of drug-likeness (QED) is 0.797. The molecular weight excluding hydrogens is 174 g/mol. The fourth-order valence-electron chi connectivity index (χ4n) is 1.34. The summed E-state index contributed by atoms with van der Waals surface area (Å²) in [7, 11) is 0. The van der Waals surface area contributed by atoms with Crippen LogP contribution in [0.4, 0.5) is 0 Å². The van der Waals surface area contributed by atoms with E-state index in [2.05, 4.69) is 39.0 Å². The molecule has 0 aromatic heterocycles. The lowest BCUT2D eigenvalue weighted by atomic mass is 10.1. The third kappa shape index (κ3) is 3.04. The summed E-state index contributed by atoms with van der Waals surface area (Å²) in [6, 6.07) is 6.25. The van der Waals surface area contributed by atoms with Gasteiger partial charge in [-0.25, -0.2) is 0 Å². The lowest BCUT2D eigenvalue weighted by Crippen LogP contribution is -2.17. The SMILES string of the molecule is Cc1ccc(C)c(OC(C)CCN)c1. The lowest BCUT2D eigenvalue weighted by molar-refractivity contribution is 0.212. The first-order valence-corrected chi connectivity index (χ1v) is 5.07. The molecule has 2 N–H and O–H groups in total. The number of benzene rings is 1. The molecule has 0 aliphatic carbocycles. The molecule has 0 bridgehead atoms. The predicted molar refractivity (Wildman–Crippen MR) is 59.7 cm³/mol. The third-order valence-electron chi connectivity index (χ3n) is 2.24. The smallest absolute Gasteiger partial charge is 0.122 e. The molecule has 2 heteroatoms. The van der Waals surface area contributed by atoms with Crippen LogP contribution in [-0.4, -0.2) is 12.6 Å². The van der Waals surface area contributed by atoms with E-state index in [0.717, 1.165) is 12.2 Å². The Morgan fingerprint density at radius 2 is 2.07 bits per heavy atom. The Labute approximate surface area is 86.1 Å². The van der Waals surface area contributed by atoms with Crippen LogP contribution in [0, 0.1) is 13.8 Å². The van der Waals surface area contributed by atoms with Gasteiger partial charge in [0.25, 0.3) is 0 Å². The Hall–Kier alpha value is -1.02. The summed E-state index contributed by atoms with van der Waals surface area (Å²) in [5, 5.41) is 0. The van der Waals surface area contributed by atoms with E-state index in [1.54, 1.807) is 0 Å². The van der Waals surface area contributed by atoms with Crippen molar-refractivity contribution in [2.75, 3.05) is 6.54 Å². The highest BCUT2D eigenvalue weighted by Gasteiger charge is 2.05. The molecule has 2 nitrogen and oxygen atoms in total. The first-order valence-electron chi connectivity index (χ1n) is 5.07. The van der Waals surface area contributed by atoms with Crippen LogP contribution in [0.1, 0.15) is 24.5 Å². The van der Waals surface area contributed by atoms with Crippen LogP contribution >= 0.6 is 0 Å². The van der Waals surface area contributed by atoms with Crippen molar-refractivity contribution in [1.29, 1.82) is 0 Å². The van der Waals surface area contributed by atoms with Crippen LogP contribution in [0.25, 0.3) is 0 Å². The third-order valence-corrected chi connectivity index (χ3v) is 2.24. The monoisotopic (exact) mass is 193 g/mol. The van der Waals surface area contributed by atoms with E-state index in [-0.39, 0.29) is 6.10 Å². The van der Waals surface area contributed by atoms with Gasteiger partial charge in [-0.3, -0.25) is 0 Å². The van der Waals surface area contributed by atoms with Crippen molar-refractivity contribution in [3.05, 3.63) is 29.3 Å². The topological polar surface area (TPSA) is 35.2 Å². The highest BCUT2D eigenvalue weighted by atomic mass is 16.5. The van der Waals surface area contributed by atoms with Crippen molar-refractivity contribution in [3.8, 4) is 5.75 Å². The number of rotatable bonds is 4. The molecule has 0 heterocycles. The molecule has 14 heavy (non-hydrogen) atoms. The van der Waals surface area contributed by atoms with E-state index in [9.17, 15) is 0 Å². The van der Waals surface area contributed by atoms with Crippen LogP contribution in [0.2, 0.25) is 0 Å². The average Bonchev–Trinajstić information content (AvgIpc) is 2.12. The minimum Gasteiger partial charge on any atom is -0.490 e. The molecule has 1 rings (SSSR count). The van der Waals surface area contributed by atoms with E-state index in [1.165, 1.54) is 11.1 Å². The molecule has 1 atom stereocenters. The van der Waals surface area contributed by atoms with Crippen LogP contribution in [0.3, 0.4) is 0 Å². The number of aryl methyl sites for hydroxylation is 2. The Morgan fingerprint density at radius 3 is 2.71 bits per heavy atom. The van der Waals surface area contributed by atoms with Crippen molar-refractivity contribution >= 4 is 0 Å². The first kappa shape index (κ1) is 11.1. The van der Waals surface area contributed by atoms with Crippen molar-refractivity contribution in [2.45, 2.75) is 33.3 Å². The zero-order chi connectivity index (χ0) is 10.6. The van der Waals surface area contributed by atoms with Crippen molar-refractivity contribution in [1.82, 2.24) is 0 Å². The van der Waals surface area contributed by atoms with E-state index in [4.69, 9.17) is 10.5 Å². The van der Waals surface area contributed by atoms with E-state index >= 15 is 0 Å². The summed E-state index contributed by atoms with van der Waals surface area (Å²) in [6.45, 7) is 6.85. The van der Waals surface area contributed by atoms with E-state index in [1.807, 2.05) is 0 Å². The van der Waals surface area contributed by atoms with Gasteiger partial charge in [-0.05, 0) is 50.9 Å². The molecule has 1 aromatic rings. The largest absolute Gasteiger partial charge is 0.490 e. The Balaban J connectivity index is 2.70. The van der Waals surface area contributed by atoms with Crippen LogP contribution < -0.4 is 10.5 Å². The highest BCUT2D eigenvalue weighted by molar-refractivity contribution is 5.36. The van der Waals surface area contributed by atoms with Gasteiger partial charge in [-0.2, -0.15) is 0 Å². The Bertz CT molecular complexity index is 296. The lowest BCUT2D eigenvalue weighted by Gasteiger charge is -2.15. The summed E-state index contributed by atoms with van der Waals surface area (Å²) in [5.74, 6) is 0.978. The maximum absolute atomic E-state index is 5.79. The fraction of sp³-hybridized carbons (Fsp3) is 0.500. The molecule has 0 amide bonds. The minimum atomic E-state index is 0.195. The molecule has 0 spiro atoms. The van der Waals surface area contributed by atoms with Crippen molar-refractivity contribution in [3.63, 3.8) is 0 Å². The summed E-state index contributed by atoms with van der Waals surface area (Å²) in [4.78, 5) is 0. The predicted octanol–water partition coefficient (Wildman–Crippen LogP) is 2.42. The van der Waals surface area contributed by atoms with E-state index < -0.39 is 0 Å². The maximum Gasteiger partial charge on any atom is 0.122 e. The van der Waals surface area contributed by atoms with Gasteiger partial charge in [0.05, 0.1) is 6.10 Å². The second-order valence-corrected chi connectivity index (χ2v) is 3.77. The van der Waals surface area contributed by atoms with Crippen molar-refractivity contribution in [2.24, 2.45) is 5.73 Å². The van der Waals surface area contributed by atoms with Crippen molar-refractivity contribution < 1.29 is 4.74 Å². The molecule has 1 aromatic carbocycles. The second-order valence-electron chi connectivity index (χ2n) is 3.77. The molecule has 78 valence electrons. The summed E-state index contributed by atoms with van der Waals surface area (Å²) < 4.78 is 5.79. The van der Waals surface area contributed by atoms with Gasteiger partial charge in [0.1, 0.15) is 5.75 Å². The van der Waals surface area contributed by atoms with Gasteiger partial charge < -0.3 is 10.5 Å². The summed E-state index contributed by atoms with van der Waals surface area (Å²) >= 11 is 0. The van der Waals surface area contributed by atoms with Crippen LogP contribution in [-0.2, 0) is 0 Å². The first-order chi connectivity index (χ1) is 6.63. The van der Waals surface area contributed by atoms with Gasteiger partial charge in [-0.1, -0.05) is 12.1 Å². The van der Waals surface area contributed by atoms with Gasteiger partial charge in [0, 0.05) is 0 Å². The highest BCUT2D eigenvalue weighted by Crippen LogP contribution is 2.20. The van der Waals surface area contributed by atoms with Crippen LogP contribution in [0.15, 0.2) is 18.2 Å². The molecule has 0 saturated heterocycles. The average molecular weight is 193 g/mol. The number of hydrogen-bond acceptors (Lipinski definition) is 2. The molecule has 0 saturated carbocycles. The molecule has 0 aliphatic rings. The van der Waals surface area contributed by atoms with Gasteiger partial charge in [-0.15, -0.1) is 0 Å². The number of nitrogens with two attached hydrogens (primary N) is 1. The van der Waals surface area contributed by atoms with Crippen LogP contribution in [0.5, 0.6) is 5.75 Å². The summed E-state index contributed by atoms with van der Waals surface area (Å²) in [6.07, 6.45) is 1.09.